The Bertz CT molecular complexity index is 206. The Morgan fingerprint density at radius 1 is 1.33 bits per heavy atom. The van der Waals surface area contributed by atoms with Gasteiger partial charge in [-0.3, -0.25) is 0 Å². The Kier molecular flexibility index (Phi) is 2.05. The van der Waals surface area contributed by atoms with E-state index in [1.807, 2.05) is 0 Å². The van der Waals surface area contributed by atoms with Gasteiger partial charge in [0.05, 0.1) is 32.4 Å². The molecule has 2 aliphatic rings. The molecule has 5 heteroatoms. The van der Waals surface area contributed by atoms with Crippen LogP contribution in [0.5, 0.6) is 0 Å². The minimum absolute atomic E-state index is 0.545. The number of fused-ring (bicyclic) bond motifs is 1. The first kappa shape index (κ1) is 8.05. The van der Waals surface area contributed by atoms with Gasteiger partial charge in [0, 0.05) is 6.42 Å². The van der Waals surface area contributed by atoms with E-state index in [1.54, 1.807) is 0 Å². The fourth-order valence-corrected chi connectivity index (χ4v) is 2.23. The van der Waals surface area contributed by atoms with Gasteiger partial charge in [-0.1, -0.05) is 0 Å². The number of rotatable bonds is 2. The largest absolute Gasteiger partial charge is 0.510 e. The maximum atomic E-state index is 8.48. The van der Waals surface area contributed by atoms with Crippen molar-refractivity contribution in [3.05, 3.63) is 0 Å². The van der Waals surface area contributed by atoms with Crippen LogP contribution in [0.4, 0.5) is 0 Å². The topological polar surface area (TPSA) is 46.7 Å². The highest BCUT2D eigenvalue weighted by Gasteiger charge is 2.48. The molecule has 2 heterocycles. The monoisotopic (exact) mass is 168 g/mol. The molecule has 0 amide bonds. The predicted molar refractivity (Wildman–Crippen MR) is 43.4 cm³/mol. The first-order chi connectivity index (χ1) is 5.87. The minimum Gasteiger partial charge on any atom is -0.510 e. The lowest BCUT2D eigenvalue weighted by molar-refractivity contribution is -0.784. The van der Waals surface area contributed by atoms with Crippen molar-refractivity contribution in [2.75, 3.05) is 26.3 Å². The van der Waals surface area contributed by atoms with E-state index in [1.165, 1.54) is 4.81 Å². The summed E-state index contributed by atoms with van der Waals surface area (Å²) < 4.78 is 11.2. The van der Waals surface area contributed by atoms with Gasteiger partial charge in [-0.25, -0.2) is 0 Å². The lowest BCUT2D eigenvalue weighted by Crippen LogP contribution is -3.19. The van der Waals surface area contributed by atoms with Gasteiger partial charge in [0.15, 0.2) is 0 Å². The Morgan fingerprint density at radius 2 is 2.00 bits per heavy atom. The third kappa shape index (κ3) is 1.12. The Hall–Kier alpha value is -0.565. The third-order valence-electron chi connectivity index (χ3n) is 2.88. The lowest BCUT2D eigenvalue weighted by atomic mass is 9.66. The summed E-state index contributed by atoms with van der Waals surface area (Å²) in [6, 6.07) is 2.14. The summed E-state index contributed by atoms with van der Waals surface area (Å²) in [5.41, 5.74) is 0. The van der Waals surface area contributed by atoms with E-state index in [9.17, 15) is 0 Å². The number of hydrogen-bond donors (Lipinski definition) is 1. The van der Waals surface area contributed by atoms with Crippen molar-refractivity contribution in [3.63, 3.8) is 0 Å². The molecule has 0 saturated carbocycles. The summed E-state index contributed by atoms with van der Waals surface area (Å²) in [4.78, 5) is 1.42. The molecule has 0 bridgehead atoms. The smallest absolute Gasteiger partial charge is 0.472 e. The molecule has 66 valence electrons. The highest BCUT2D eigenvalue weighted by Crippen LogP contribution is 2.15. The van der Waals surface area contributed by atoms with E-state index in [-0.39, 0.29) is 0 Å². The van der Waals surface area contributed by atoms with Crippen LogP contribution in [0.15, 0.2) is 0 Å². The fourth-order valence-electron chi connectivity index (χ4n) is 2.23. The van der Waals surface area contributed by atoms with Gasteiger partial charge in [-0.05, 0) is 6.32 Å². The van der Waals surface area contributed by atoms with E-state index in [0.717, 1.165) is 32.6 Å². The number of hydrogen-bond acceptors (Lipinski definition) is 3. The van der Waals surface area contributed by atoms with Crippen LogP contribution >= 0.6 is 0 Å². The molecule has 4 nitrogen and oxygen atoms in total. The lowest BCUT2D eigenvalue weighted by Gasteiger charge is -2.29. The van der Waals surface area contributed by atoms with Crippen molar-refractivity contribution in [3.8, 4) is 6.07 Å². The average molecular weight is 168 g/mol. The molecule has 2 saturated heterocycles. The van der Waals surface area contributed by atoms with Gasteiger partial charge in [-0.15, -0.1) is 0 Å². The second-order valence-corrected chi connectivity index (χ2v) is 3.47. The Balaban J connectivity index is 2.02. The van der Waals surface area contributed by atoms with Crippen LogP contribution in [0, 0.1) is 11.3 Å². The molecule has 0 aromatic rings. The van der Waals surface area contributed by atoms with Crippen molar-refractivity contribution >= 4 is 6.69 Å². The van der Waals surface area contributed by atoms with E-state index in [4.69, 9.17) is 14.6 Å². The molecule has 0 spiro atoms. The molecule has 0 aliphatic carbocycles. The van der Waals surface area contributed by atoms with Crippen molar-refractivity contribution < 1.29 is 14.1 Å². The maximum Gasteiger partial charge on any atom is 0.472 e. The van der Waals surface area contributed by atoms with E-state index in [2.05, 4.69) is 6.07 Å². The van der Waals surface area contributed by atoms with Gasteiger partial charge >= 0.3 is 6.69 Å². The highest BCUT2D eigenvalue weighted by atomic mass is 16.6. The van der Waals surface area contributed by atoms with E-state index < -0.39 is 6.69 Å². The van der Waals surface area contributed by atoms with Gasteiger partial charge in [0.25, 0.3) is 0 Å². The molecular weight excluding hydrogens is 155 g/mol. The number of nitrogens with one attached hydrogen (secondary N) is 1. The van der Waals surface area contributed by atoms with Crippen LogP contribution in [-0.2, 0) is 9.31 Å². The van der Waals surface area contributed by atoms with Crippen molar-refractivity contribution in [2.45, 2.75) is 12.7 Å². The van der Waals surface area contributed by atoms with Crippen LogP contribution in [-0.4, -0.2) is 33.0 Å². The Labute approximate surface area is 72.0 Å². The standard InChI is InChI=1S/C7H13BN2O2/c9-3-1-2-8-10(4-6-11-8)5-7-12-8/h10H,1-2,4-7H2. The van der Waals surface area contributed by atoms with Gasteiger partial charge < -0.3 is 14.1 Å². The second-order valence-electron chi connectivity index (χ2n) is 3.47. The molecule has 0 radical (unpaired) electrons. The zero-order valence-electron chi connectivity index (χ0n) is 7.08. The molecule has 2 fully saturated rings. The summed E-state index contributed by atoms with van der Waals surface area (Å²) in [7, 11) is 0. The highest BCUT2D eigenvalue weighted by molar-refractivity contribution is 6.59. The first-order valence-corrected chi connectivity index (χ1v) is 4.53. The maximum absolute atomic E-state index is 8.48. The Morgan fingerprint density at radius 3 is 2.58 bits per heavy atom. The molecule has 0 aromatic heterocycles. The molecule has 0 atom stereocenters. The summed E-state index contributed by atoms with van der Waals surface area (Å²) in [5, 5.41) is 8.48. The molecular formula is C7H13BN2O2. The molecule has 2 rings (SSSR count). The zero-order valence-corrected chi connectivity index (χ0v) is 7.08. The second kappa shape index (κ2) is 3.06. The molecule has 1 N–H and O–H groups in total. The van der Waals surface area contributed by atoms with Crippen LogP contribution in [0.2, 0.25) is 6.32 Å². The minimum atomic E-state index is -1.11. The summed E-state index contributed by atoms with van der Waals surface area (Å²) >= 11 is 0. The first-order valence-electron chi connectivity index (χ1n) is 4.53. The fraction of sp³-hybridized carbons (Fsp3) is 0.857. The van der Waals surface area contributed by atoms with Gasteiger partial charge in [0.2, 0.25) is 0 Å². The van der Waals surface area contributed by atoms with E-state index in [0.29, 0.717) is 6.42 Å². The molecule has 0 aromatic carbocycles. The van der Waals surface area contributed by atoms with E-state index >= 15 is 0 Å². The van der Waals surface area contributed by atoms with Crippen molar-refractivity contribution in [1.82, 2.24) is 0 Å². The quantitative estimate of drug-likeness (QED) is 0.526. The SMILES string of the molecule is N#CCC[B-]12OCC[NH+]1CCO2. The normalized spacial score (nSPS) is 39.4. The number of nitrogens with zero attached hydrogens (tertiary/aromatic N) is 1. The summed E-state index contributed by atoms with van der Waals surface area (Å²) in [5.74, 6) is 0. The molecule has 0 unspecified atom stereocenters. The van der Waals surface area contributed by atoms with Crippen LogP contribution in [0.25, 0.3) is 0 Å². The van der Waals surface area contributed by atoms with Gasteiger partial charge in [0.1, 0.15) is 0 Å². The number of nitriles is 1. The van der Waals surface area contributed by atoms with Crippen LogP contribution in [0.3, 0.4) is 0 Å². The van der Waals surface area contributed by atoms with Crippen LogP contribution in [0.1, 0.15) is 6.42 Å². The van der Waals surface area contributed by atoms with Crippen LogP contribution < -0.4 is 4.81 Å². The third-order valence-corrected chi connectivity index (χ3v) is 2.88. The zero-order chi connectivity index (χ0) is 8.44. The molecule has 12 heavy (non-hydrogen) atoms. The summed E-state index contributed by atoms with van der Waals surface area (Å²) in [6.45, 7) is 2.57. The van der Waals surface area contributed by atoms with Gasteiger partial charge in [-0.2, -0.15) is 5.26 Å². The molecule has 2 aliphatic heterocycles. The summed E-state index contributed by atoms with van der Waals surface area (Å²) in [6.07, 6.45) is 1.31. The number of quaternary nitrogens is 1. The van der Waals surface area contributed by atoms with Crippen molar-refractivity contribution in [1.29, 1.82) is 5.26 Å². The average Bonchev–Trinajstić information content (AvgIpc) is 2.58. The van der Waals surface area contributed by atoms with Crippen molar-refractivity contribution in [2.24, 2.45) is 0 Å². The predicted octanol–water partition coefficient (Wildman–Crippen LogP) is -1.22.